The van der Waals surface area contributed by atoms with Gasteiger partial charge in [-0.05, 0) is 20.8 Å². The molecule has 0 aromatic rings. The molecule has 1 unspecified atom stereocenters. The van der Waals surface area contributed by atoms with Gasteiger partial charge in [-0.3, -0.25) is 0 Å². The third kappa shape index (κ3) is 28.2. The van der Waals surface area contributed by atoms with Gasteiger partial charge >= 0.3 is 62.9 Å². The van der Waals surface area contributed by atoms with Crippen LogP contribution in [-0.2, 0) is 20.9 Å². The molecule has 1 atom stereocenters. The zero-order valence-electron chi connectivity index (χ0n) is 13.4. The molecule has 3 nitrogen and oxygen atoms in total. The van der Waals surface area contributed by atoms with E-state index in [2.05, 4.69) is 17.2 Å². The normalized spacial score (nSPS) is 13.0. The first-order valence-corrected chi connectivity index (χ1v) is 7.28. The minimum atomic E-state index is -5.63. The fourth-order valence-electron chi connectivity index (χ4n) is 0.267. The van der Waals surface area contributed by atoms with Gasteiger partial charge in [0, 0.05) is 0 Å². The van der Waals surface area contributed by atoms with Crippen LogP contribution in [0.1, 0.15) is 41.0 Å². The number of nitrogens with zero attached hydrogens (tertiary/aromatic N) is 1. The monoisotopic (exact) mass is 509 g/mol. The molecule has 0 rings (SSSR count). The minimum Gasteiger partial charge on any atom is -0.377 e. The molecule has 22 heavy (non-hydrogen) atoms. The summed E-state index contributed by atoms with van der Waals surface area (Å²) in [5.74, 6) is 0. The largest absolute Gasteiger partial charge is 0.423 e. The van der Waals surface area contributed by atoms with Crippen molar-refractivity contribution in [1.82, 2.24) is 0 Å². The molecule has 0 heterocycles. The maximum atomic E-state index is 11.0. The molecule has 2 N–H and O–H groups in total. The van der Waals surface area contributed by atoms with E-state index in [1.165, 1.54) is 27.3 Å². The van der Waals surface area contributed by atoms with E-state index >= 15 is 0 Å². The Balaban J connectivity index is -0.000000117. The average Bonchev–Trinajstić information content (AvgIpc) is 2.23. The van der Waals surface area contributed by atoms with Crippen molar-refractivity contribution in [3.63, 3.8) is 0 Å². The van der Waals surface area contributed by atoms with Crippen molar-refractivity contribution in [3.05, 3.63) is 7.43 Å². The first-order valence-electron chi connectivity index (χ1n) is 5.84. The quantitative estimate of drug-likeness (QED) is 0.433. The Kier molecular flexibility index (Phi) is 17.0. The van der Waals surface area contributed by atoms with E-state index in [9.17, 15) is 26.3 Å². The van der Waals surface area contributed by atoms with E-state index in [0.29, 0.717) is 6.04 Å². The summed E-state index contributed by atoms with van der Waals surface area (Å²) in [7, 11) is 0. The molecule has 0 amide bonds. The molecule has 0 saturated carbocycles. The number of rotatable bonds is 2. The summed E-state index contributed by atoms with van der Waals surface area (Å²) >= 11 is 1.18. The predicted octanol–water partition coefficient (Wildman–Crippen LogP) is 4.21. The van der Waals surface area contributed by atoms with Gasteiger partial charge in [0.05, 0.1) is 5.60 Å². The van der Waals surface area contributed by atoms with Crippen molar-refractivity contribution in [2.75, 3.05) is 0 Å². The van der Waals surface area contributed by atoms with E-state index in [0.717, 1.165) is 0 Å². The summed E-state index contributed by atoms with van der Waals surface area (Å²) in [6, 6.07) is 0.610. The van der Waals surface area contributed by atoms with E-state index in [1.54, 1.807) is 20.8 Å². The number of aliphatic hydroxyl groups is 2. The zero-order valence-corrected chi connectivity index (χ0v) is 16.6. The van der Waals surface area contributed by atoms with Gasteiger partial charge < -0.3 is 17.6 Å². The molecule has 0 aromatic heterocycles. The Morgan fingerprint density at radius 2 is 1.23 bits per heavy atom. The molecule has 0 fully saturated rings. The number of hydrogen-bond acceptors (Lipinski definition) is 3. The molecule has 0 aliphatic heterocycles. The predicted molar refractivity (Wildman–Crippen MR) is 68.7 cm³/mol. The molecule has 0 aromatic carbocycles. The Bertz CT molecular complexity index is 256. The van der Waals surface area contributed by atoms with Gasteiger partial charge in [-0.1, -0.05) is 0 Å². The minimum absolute atomic E-state index is 0. The Morgan fingerprint density at radius 3 is 1.23 bits per heavy atom. The summed E-state index contributed by atoms with van der Waals surface area (Å²) in [5.41, 5.74) is -0.500. The topological polar surface area (TPSA) is 52.8 Å². The van der Waals surface area contributed by atoms with Gasteiger partial charge in [-0.15, -0.1) is 0 Å². The van der Waals surface area contributed by atoms with Crippen LogP contribution in [0.15, 0.2) is 3.34 Å². The first-order chi connectivity index (χ1) is 8.96. The van der Waals surface area contributed by atoms with Crippen molar-refractivity contribution in [3.8, 4) is 0 Å². The van der Waals surface area contributed by atoms with Crippen LogP contribution in [0.2, 0.25) is 0 Å². The summed E-state index contributed by atoms with van der Waals surface area (Å²) < 4.78 is 70.0. The number of alkyl halides is 6. The van der Waals surface area contributed by atoms with Crippen LogP contribution in [0.25, 0.3) is 0 Å². The van der Waals surface area contributed by atoms with E-state index in [4.69, 9.17) is 10.2 Å². The summed E-state index contributed by atoms with van der Waals surface area (Å²) in [6.45, 7) is 9.52. The van der Waals surface area contributed by atoms with Crippen LogP contribution >= 0.6 is 0 Å². The third-order valence-corrected chi connectivity index (χ3v) is 2.82. The van der Waals surface area contributed by atoms with Crippen LogP contribution in [-0.4, -0.2) is 40.3 Å². The molecule has 0 radical (unpaired) electrons. The Morgan fingerprint density at radius 1 is 1.00 bits per heavy atom. The molecule has 0 saturated heterocycles. The second-order valence-corrected chi connectivity index (χ2v) is 5.86. The number of hydrogen-bond donors (Lipinski definition) is 2. The van der Waals surface area contributed by atoms with Crippen molar-refractivity contribution in [1.29, 1.82) is 0 Å². The summed E-state index contributed by atoms with van der Waals surface area (Å²) in [4.78, 5) is 0. The second kappa shape index (κ2) is 12.5. The van der Waals surface area contributed by atoms with Gasteiger partial charge in [-0.2, -0.15) is 26.3 Å². The van der Waals surface area contributed by atoms with Crippen LogP contribution in [0.4, 0.5) is 26.3 Å². The molecule has 10 heteroatoms. The molecule has 0 bridgehead atoms. The van der Waals surface area contributed by atoms with E-state index in [1.807, 2.05) is 0 Å². The van der Waals surface area contributed by atoms with Crippen LogP contribution in [0, 0.1) is 7.43 Å². The third-order valence-electron chi connectivity index (χ3n) is 1.41. The van der Waals surface area contributed by atoms with E-state index in [-0.39, 0.29) is 7.43 Å². The van der Waals surface area contributed by atoms with Gasteiger partial charge in [0.2, 0.25) is 6.10 Å². The zero-order chi connectivity index (χ0) is 18.1. The molecule has 0 aliphatic rings. The first kappa shape index (κ1) is 30.0. The standard InChI is InChI=1S/C4H9N.C4H10O.C3H2F6O.CH3.Ta/c1-3-4(2)5;1-4(2,3)5;4-2(5,6)1(10)3(7,8)9;;/h4H,3H2,1-2H3;5H,1-3H3;1,10H;1H3;/q;;;-1;. The van der Waals surface area contributed by atoms with Crippen molar-refractivity contribution in [2.24, 2.45) is 3.34 Å². The average molecular weight is 509 g/mol. The number of halogens is 6. The van der Waals surface area contributed by atoms with Gasteiger partial charge in [-0.25, -0.2) is 0 Å². The van der Waals surface area contributed by atoms with Crippen molar-refractivity contribution >= 4 is 0 Å². The molecule has 0 aliphatic carbocycles. The van der Waals surface area contributed by atoms with Gasteiger partial charge in [0.1, 0.15) is 0 Å². The summed E-state index contributed by atoms with van der Waals surface area (Å²) in [6.07, 6.45) is -14.3. The molecular formula is C12H24F6NO2Ta-. The van der Waals surface area contributed by atoms with Crippen molar-refractivity contribution < 1.29 is 57.4 Å². The Labute approximate surface area is 139 Å². The fraction of sp³-hybridized carbons (Fsp3) is 0.917. The maximum absolute atomic E-state index is 11.0. The molecule has 0 spiro atoms. The number of aliphatic hydroxyl groups excluding tert-OH is 1. The molecular weight excluding hydrogens is 485 g/mol. The fourth-order valence-corrected chi connectivity index (χ4v) is 0.854. The van der Waals surface area contributed by atoms with Crippen LogP contribution < -0.4 is 0 Å². The van der Waals surface area contributed by atoms with Crippen molar-refractivity contribution in [2.45, 2.75) is 71.1 Å². The second-order valence-electron chi connectivity index (χ2n) is 5.03. The van der Waals surface area contributed by atoms with Gasteiger partial charge in [0.15, 0.2) is 0 Å². The maximum Gasteiger partial charge on any atom is 0.423 e. The Hall–Kier alpha value is 0.0403. The van der Waals surface area contributed by atoms with Crippen LogP contribution in [0.3, 0.4) is 0 Å². The smallest absolute Gasteiger partial charge is 0.377 e. The molecule has 137 valence electrons. The summed E-state index contributed by atoms with van der Waals surface area (Å²) in [5, 5.41) is 16.0. The SMILES string of the molecule is CC(C)(C)O.CCC(C)[N]=[Ta].OC(C(F)(F)F)C(F)(F)F.[CH3-]. The van der Waals surface area contributed by atoms with E-state index < -0.39 is 24.1 Å². The van der Waals surface area contributed by atoms with Crippen LogP contribution in [0.5, 0.6) is 0 Å². The van der Waals surface area contributed by atoms with Gasteiger partial charge in [0.25, 0.3) is 0 Å².